The normalized spacial score (nSPS) is 19.9. The first-order valence-electron chi connectivity index (χ1n) is 12.3. The van der Waals surface area contributed by atoms with E-state index >= 15 is 0 Å². The molecular weight excluding hydrogens is 466 g/mol. The maximum atomic E-state index is 11.9. The van der Waals surface area contributed by atoms with Crippen molar-refractivity contribution in [3.8, 4) is 11.1 Å². The zero-order chi connectivity index (χ0) is 23.7. The first kappa shape index (κ1) is 23.6. The Kier molecular flexibility index (Phi) is 6.82. The SMILES string of the molecule is NC(=O)Cc1cc(-c2csc(CN3CCCCCC3)c2)cc2c(C3CCS(=O)(=O)CC3)c[nH]c12. The second-order valence-electron chi connectivity index (χ2n) is 9.86. The Hall–Kier alpha value is -2.16. The first-order valence-corrected chi connectivity index (χ1v) is 15.0. The smallest absolute Gasteiger partial charge is 0.221 e. The van der Waals surface area contributed by atoms with Crippen molar-refractivity contribution in [1.82, 2.24) is 9.88 Å². The summed E-state index contributed by atoms with van der Waals surface area (Å²) in [6.07, 6.45) is 8.69. The highest BCUT2D eigenvalue weighted by Crippen LogP contribution is 2.38. The van der Waals surface area contributed by atoms with Crippen molar-refractivity contribution in [1.29, 1.82) is 0 Å². The van der Waals surface area contributed by atoms with Gasteiger partial charge in [0, 0.05) is 28.5 Å². The first-order chi connectivity index (χ1) is 16.4. The van der Waals surface area contributed by atoms with Gasteiger partial charge in [-0.05, 0) is 90.5 Å². The second-order valence-corrected chi connectivity index (χ2v) is 13.2. The molecule has 2 aliphatic rings. The predicted octanol–water partition coefficient (Wildman–Crippen LogP) is 4.59. The molecule has 2 saturated heterocycles. The fourth-order valence-electron chi connectivity index (χ4n) is 5.49. The van der Waals surface area contributed by atoms with Crippen LogP contribution in [0.5, 0.6) is 0 Å². The Labute approximate surface area is 205 Å². The van der Waals surface area contributed by atoms with Crippen LogP contribution in [-0.2, 0) is 27.6 Å². The number of sulfone groups is 1. The van der Waals surface area contributed by atoms with Gasteiger partial charge in [0.25, 0.3) is 0 Å². The average molecular weight is 500 g/mol. The van der Waals surface area contributed by atoms with Gasteiger partial charge in [-0.1, -0.05) is 12.8 Å². The van der Waals surface area contributed by atoms with E-state index in [4.69, 9.17) is 5.73 Å². The fourth-order valence-corrected chi connectivity index (χ4v) is 7.92. The van der Waals surface area contributed by atoms with E-state index in [0.29, 0.717) is 12.8 Å². The molecule has 0 spiro atoms. The van der Waals surface area contributed by atoms with Gasteiger partial charge >= 0.3 is 0 Å². The highest BCUT2D eigenvalue weighted by Gasteiger charge is 2.27. The molecule has 0 unspecified atom stereocenters. The Morgan fingerprint density at radius 2 is 1.79 bits per heavy atom. The van der Waals surface area contributed by atoms with Crippen molar-refractivity contribution in [2.75, 3.05) is 24.6 Å². The van der Waals surface area contributed by atoms with Crippen molar-refractivity contribution in [3.63, 3.8) is 0 Å². The maximum absolute atomic E-state index is 11.9. The van der Waals surface area contributed by atoms with E-state index < -0.39 is 9.84 Å². The molecule has 5 rings (SSSR count). The predicted molar refractivity (Wildman–Crippen MR) is 139 cm³/mol. The van der Waals surface area contributed by atoms with Crippen LogP contribution < -0.4 is 5.73 Å². The standard InChI is InChI=1S/C26H33N3O3S2/c27-25(30)14-20-11-19(21-12-22(33-17-21)16-29-7-3-1-2-4-8-29)13-23-24(15-28-26(20)23)18-5-9-34(31,32)10-6-18/h11-13,15,17-18,28H,1-10,14,16H2,(H2,27,30). The molecule has 34 heavy (non-hydrogen) atoms. The number of fused-ring (bicyclic) bond motifs is 1. The third-order valence-corrected chi connectivity index (χ3v) is 9.96. The molecule has 4 heterocycles. The summed E-state index contributed by atoms with van der Waals surface area (Å²) in [6.45, 7) is 3.34. The van der Waals surface area contributed by atoms with Crippen LogP contribution in [0, 0.1) is 0 Å². The number of rotatable bonds is 6. The zero-order valence-electron chi connectivity index (χ0n) is 19.5. The molecule has 1 amide bonds. The number of aromatic amines is 1. The van der Waals surface area contributed by atoms with E-state index in [-0.39, 0.29) is 29.8 Å². The third-order valence-electron chi connectivity index (χ3n) is 7.33. The van der Waals surface area contributed by atoms with Crippen LogP contribution in [0.25, 0.3) is 22.0 Å². The molecule has 8 heteroatoms. The van der Waals surface area contributed by atoms with Gasteiger partial charge in [-0.3, -0.25) is 9.69 Å². The molecule has 3 N–H and O–H groups in total. The van der Waals surface area contributed by atoms with Gasteiger partial charge in [0.05, 0.1) is 17.9 Å². The lowest BCUT2D eigenvalue weighted by atomic mass is 9.91. The number of carbonyl (C=O) groups is 1. The summed E-state index contributed by atoms with van der Waals surface area (Å²) in [6, 6.07) is 6.56. The summed E-state index contributed by atoms with van der Waals surface area (Å²) in [4.78, 5) is 19.1. The van der Waals surface area contributed by atoms with Gasteiger partial charge in [-0.15, -0.1) is 11.3 Å². The van der Waals surface area contributed by atoms with Crippen LogP contribution in [0.15, 0.2) is 29.8 Å². The molecule has 6 nitrogen and oxygen atoms in total. The minimum atomic E-state index is -2.92. The summed E-state index contributed by atoms with van der Waals surface area (Å²) in [5.74, 6) is 0.325. The number of H-pyrrole nitrogens is 1. The van der Waals surface area contributed by atoms with Crippen LogP contribution in [-0.4, -0.2) is 48.8 Å². The number of primary amides is 1. The van der Waals surface area contributed by atoms with Gasteiger partial charge in [0.2, 0.25) is 5.91 Å². The van der Waals surface area contributed by atoms with Gasteiger partial charge in [0.1, 0.15) is 9.84 Å². The van der Waals surface area contributed by atoms with E-state index in [1.807, 2.05) is 6.20 Å². The van der Waals surface area contributed by atoms with Crippen LogP contribution in [0.2, 0.25) is 0 Å². The molecule has 2 aromatic heterocycles. The fraction of sp³-hybridized carbons (Fsp3) is 0.500. The van der Waals surface area contributed by atoms with Crippen molar-refractivity contribution in [2.45, 2.75) is 57.4 Å². The van der Waals surface area contributed by atoms with Gasteiger partial charge in [0.15, 0.2) is 0 Å². The molecule has 0 aliphatic carbocycles. The number of hydrogen-bond donors (Lipinski definition) is 2. The number of benzene rings is 1. The van der Waals surface area contributed by atoms with E-state index in [9.17, 15) is 13.2 Å². The molecule has 182 valence electrons. The van der Waals surface area contributed by atoms with Crippen LogP contribution in [0.1, 0.15) is 60.4 Å². The molecule has 0 atom stereocenters. The lowest BCUT2D eigenvalue weighted by molar-refractivity contribution is -0.117. The molecule has 0 bridgehead atoms. The van der Waals surface area contributed by atoms with Crippen LogP contribution in [0.4, 0.5) is 0 Å². The zero-order valence-corrected chi connectivity index (χ0v) is 21.1. The van der Waals surface area contributed by atoms with Gasteiger partial charge < -0.3 is 10.7 Å². The monoisotopic (exact) mass is 499 g/mol. The Bertz CT molecular complexity index is 1270. The van der Waals surface area contributed by atoms with E-state index in [1.54, 1.807) is 11.3 Å². The third kappa shape index (κ3) is 5.24. The minimum absolute atomic E-state index is 0.175. The molecule has 3 aromatic rings. The summed E-state index contributed by atoms with van der Waals surface area (Å²) in [5.41, 5.74) is 10.8. The highest BCUT2D eigenvalue weighted by atomic mass is 32.2. The lowest BCUT2D eigenvalue weighted by Gasteiger charge is -2.21. The molecule has 0 radical (unpaired) electrons. The van der Waals surface area contributed by atoms with Crippen molar-refractivity contribution in [2.24, 2.45) is 5.73 Å². The van der Waals surface area contributed by atoms with Crippen molar-refractivity contribution >= 4 is 38.0 Å². The summed E-state index contributed by atoms with van der Waals surface area (Å²) < 4.78 is 23.9. The largest absolute Gasteiger partial charge is 0.369 e. The highest BCUT2D eigenvalue weighted by molar-refractivity contribution is 7.91. The van der Waals surface area contributed by atoms with E-state index in [1.165, 1.54) is 49.2 Å². The van der Waals surface area contributed by atoms with E-state index in [2.05, 4.69) is 33.5 Å². The average Bonchev–Trinajstić information content (AvgIpc) is 3.35. The number of likely N-dealkylation sites (tertiary alicyclic amines) is 1. The maximum Gasteiger partial charge on any atom is 0.221 e. The number of nitrogens with one attached hydrogen (secondary N) is 1. The molecule has 2 fully saturated rings. The molecule has 0 saturated carbocycles. The molecular formula is C26H33N3O3S2. The quantitative estimate of drug-likeness (QED) is 0.518. The molecule has 1 aromatic carbocycles. The number of nitrogens with two attached hydrogens (primary N) is 1. The summed E-state index contributed by atoms with van der Waals surface area (Å²) >= 11 is 1.80. The summed E-state index contributed by atoms with van der Waals surface area (Å²) in [5, 5.41) is 3.29. The Morgan fingerprint density at radius 3 is 2.50 bits per heavy atom. The van der Waals surface area contributed by atoms with Gasteiger partial charge in [-0.25, -0.2) is 8.42 Å². The number of aromatic nitrogens is 1. The summed E-state index contributed by atoms with van der Waals surface area (Å²) in [7, 11) is -2.92. The second kappa shape index (κ2) is 9.84. The number of amides is 1. The Balaban J connectivity index is 1.47. The number of nitrogens with zero attached hydrogens (tertiary/aromatic N) is 1. The van der Waals surface area contributed by atoms with E-state index in [0.717, 1.165) is 34.1 Å². The van der Waals surface area contributed by atoms with Crippen LogP contribution in [0.3, 0.4) is 0 Å². The minimum Gasteiger partial charge on any atom is -0.369 e. The van der Waals surface area contributed by atoms with Crippen LogP contribution >= 0.6 is 11.3 Å². The number of carbonyl (C=O) groups excluding carboxylic acids is 1. The topological polar surface area (TPSA) is 96.3 Å². The number of thiophene rings is 1. The molecule has 2 aliphatic heterocycles. The Morgan fingerprint density at radius 1 is 1.06 bits per heavy atom. The number of hydrogen-bond acceptors (Lipinski definition) is 5. The lowest BCUT2D eigenvalue weighted by Crippen LogP contribution is -2.23. The van der Waals surface area contributed by atoms with Gasteiger partial charge in [-0.2, -0.15) is 0 Å². The van der Waals surface area contributed by atoms with Crippen molar-refractivity contribution < 1.29 is 13.2 Å². The van der Waals surface area contributed by atoms with Crippen molar-refractivity contribution in [3.05, 3.63) is 45.8 Å².